The first kappa shape index (κ1) is 17.8. The van der Waals surface area contributed by atoms with Crippen molar-refractivity contribution in [1.82, 2.24) is 0 Å². The number of benzene rings is 1. The van der Waals surface area contributed by atoms with Gasteiger partial charge < -0.3 is 5.11 Å². The second-order valence-electron chi connectivity index (χ2n) is 5.14. The molecule has 20 heavy (non-hydrogen) atoms. The monoisotopic (exact) mass is 356 g/mol. The van der Waals surface area contributed by atoms with Gasteiger partial charge in [0.25, 0.3) is 0 Å². The van der Waals surface area contributed by atoms with Crippen LogP contribution in [0, 0.1) is 0 Å². The molecule has 1 aromatic carbocycles. The molecule has 0 saturated carbocycles. The quantitative estimate of drug-likeness (QED) is 0.537. The largest absolute Gasteiger partial charge is 0.385 e. The van der Waals surface area contributed by atoms with Gasteiger partial charge in [-0.2, -0.15) is 0 Å². The summed E-state index contributed by atoms with van der Waals surface area (Å²) in [4.78, 5) is 1.19. The molecule has 0 heterocycles. The molecule has 0 aliphatic heterocycles. The van der Waals surface area contributed by atoms with Crippen LogP contribution in [0.2, 0.25) is 0 Å². The van der Waals surface area contributed by atoms with E-state index in [9.17, 15) is 5.11 Å². The summed E-state index contributed by atoms with van der Waals surface area (Å²) in [5, 5.41) is 12.9. The van der Waals surface area contributed by atoms with E-state index in [0.29, 0.717) is 0 Å². The Morgan fingerprint density at radius 3 is 2.20 bits per heavy atom. The topological polar surface area (TPSA) is 20.2 Å². The van der Waals surface area contributed by atoms with Gasteiger partial charge in [0, 0.05) is 9.38 Å². The van der Waals surface area contributed by atoms with Gasteiger partial charge in [-0.25, -0.2) is 0 Å². The van der Waals surface area contributed by atoms with Crippen molar-refractivity contribution in [2.75, 3.05) is 0 Å². The summed E-state index contributed by atoms with van der Waals surface area (Å²) in [6, 6.07) is 10.2. The van der Waals surface area contributed by atoms with Crippen LogP contribution >= 0.6 is 27.7 Å². The Bertz CT molecular complexity index is 395. The molecule has 1 aromatic rings. The molecular weight excluding hydrogens is 332 g/mol. The van der Waals surface area contributed by atoms with Gasteiger partial charge in [0.15, 0.2) is 0 Å². The molecule has 1 N–H and O–H groups in total. The van der Waals surface area contributed by atoms with E-state index in [0.717, 1.165) is 43.0 Å². The number of rotatable bonds is 9. The van der Waals surface area contributed by atoms with E-state index in [4.69, 9.17) is 0 Å². The van der Waals surface area contributed by atoms with Crippen molar-refractivity contribution in [3.05, 3.63) is 40.2 Å². The van der Waals surface area contributed by atoms with Crippen LogP contribution in [0.4, 0.5) is 0 Å². The molecule has 0 bridgehead atoms. The van der Waals surface area contributed by atoms with E-state index in [1.54, 1.807) is 11.8 Å². The van der Waals surface area contributed by atoms with E-state index in [1.807, 2.05) is 23.6 Å². The summed E-state index contributed by atoms with van der Waals surface area (Å²) in [6.45, 7) is 4.33. The van der Waals surface area contributed by atoms with Gasteiger partial charge in [-0.1, -0.05) is 85.4 Å². The first-order valence-corrected chi connectivity index (χ1v) is 9.10. The highest BCUT2D eigenvalue weighted by atomic mass is 79.9. The van der Waals surface area contributed by atoms with Gasteiger partial charge >= 0.3 is 0 Å². The molecule has 0 aromatic heterocycles. The van der Waals surface area contributed by atoms with Gasteiger partial charge in [0.2, 0.25) is 0 Å². The minimum Gasteiger partial charge on any atom is -0.385 e. The Morgan fingerprint density at radius 2 is 1.70 bits per heavy atom. The lowest BCUT2D eigenvalue weighted by atomic mass is 9.91. The Kier molecular flexibility index (Phi) is 8.58. The molecule has 0 atom stereocenters. The predicted octanol–water partition coefficient (Wildman–Crippen LogP) is 6.13. The van der Waals surface area contributed by atoms with Crippen LogP contribution in [0.5, 0.6) is 0 Å². The maximum atomic E-state index is 10.9. The molecule has 0 aliphatic carbocycles. The summed E-state index contributed by atoms with van der Waals surface area (Å²) in [7, 11) is 0. The van der Waals surface area contributed by atoms with Crippen LogP contribution in [0.15, 0.2) is 45.1 Å². The Morgan fingerprint density at radius 1 is 1.15 bits per heavy atom. The average Bonchev–Trinajstić information content (AvgIpc) is 2.49. The molecule has 0 amide bonds. The fourth-order valence-electron chi connectivity index (χ4n) is 2.03. The van der Waals surface area contributed by atoms with Crippen LogP contribution in [-0.4, -0.2) is 10.7 Å². The van der Waals surface area contributed by atoms with Gasteiger partial charge in [-0.15, -0.1) is 0 Å². The zero-order valence-electron chi connectivity index (χ0n) is 12.4. The van der Waals surface area contributed by atoms with Gasteiger partial charge in [0.1, 0.15) is 0 Å². The highest BCUT2D eigenvalue weighted by Gasteiger charge is 2.28. The van der Waals surface area contributed by atoms with Crippen molar-refractivity contribution >= 4 is 27.7 Å². The maximum Gasteiger partial charge on any atom is 0.0965 e. The molecule has 0 fully saturated rings. The number of aliphatic hydroxyl groups is 1. The third kappa shape index (κ3) is 6.02. The van der Waals surface area contributed by atoms with E-state index in [2.05, 4.69) is 41.9 Å². The molecule has 0 spiro atoms. The third-order valence-corrected chi connectivity index (χ3v) is 5.54. The van der Waals surface area contributed by atoms with E-state index in [-0.39, 0.29) is 0 Å². The molecule has 1 rings (SSSR count). The standard InChI is InChI=1S/C17H25BrOS/c1-3-5-12-17(19,13-6-4-2)16(18)14-20-15-10-8-7-9-11-15/h7-11,14,19H,3-6,12-13H2,1-2H3/b16-14-. The van der Waals surface area contributed by atoms with Crippen LogP contribution < -0.4 is 0 Å². The summed E-state index contributed by atoms with van der Waals surface area (Å²) in [5.41, 5.74) is -0.701. The Hall–Kier alpha value is -0.250. The first-order valence-electron chi connectivity index (χ1n) is 7.42. The van der Waals surface area contributed by atoms with Crippen molar-refractivity contribution in [2.45, 2.75) is 62.9 Å². The Balaban J connectivity index is 2.72. The van der Waals surface area contributed by atoms with E-state index < -0.39 is 5.60 Å². The second kappa shape index (κ2) is 9.64. The minimum absolute atomic E-state index is 0.701. The van der Waals surface area contributed by atoms with Crippen LogP contribution in [0.3, 0.4) is 0 Å². The van der Waals surface area contributed by atoms with E-state index in [1.165, 1.54) is 4.90 Å². The highest BCUT2D eigenvalue weighted by Crippen LogP contribution is 2.36. The summed E-state index contributed by atoms with van der Waals surface area (Å²) >= 11 is 5.26. The number of unbranched alkanes of at least 4 members (excludes halogenated alkanes) is 2. The molecular formula is C17H25BrOS. The second-order valence-corrected chi connectivity index (χ2v) is 6.93. The number of hydrogen-bond donors (Lipinski definition) is 1. The van der Waals surface area contributed by atoms with E-state index >= 15 is 0 Å². The lowest BCUT2D eigenvalue weighted by molar-refractivity contribution is 0.0646. The molecule has 0 unspecified atom stereocenters. The SMILES string of the molecule is CCCCC(O)(CCCC)/C(Br)=C/Sc1ccccc1. The van der Waals surface area contributed by atoms with Gasteiger partial charge in [-0.05, 0) is 30.4 Å². The zero-order valence-corrected chi connectivity index (χ0v) is 14.8. The Labute approximate surface area is 136 Å². The lowest BCUT2D eigenvalue weighted by Gasteiger charge is -2.28. The van der Waals surface area contributed by atoms with Gasteiger partial charge in [-0.3, -0.25) is 0 Å². The molecule has 0 saturated heterocycles. The highest BCUT2D eigenvalue weighted by molar-refractivity contribution is 9.11. The van der Waals surface area contributed by atoms with Crippen molar-refractivity contribution < 1.29 is 5.11 Å². The van der Waals surface area contributed by atoms with Gasteiger partial charge in [0.05, 0.1) is 5.60 Å². The summed E-state index contributed by atoms with van der Waals surface area (Å²) in [6.07, 6.45) is 5.99. The van der Waals surface area contributed by atoms with Crippen LogP contribution in [0.1, 0.15) is 52.4 Å². The maximum absolute atomic E-state index is 10.9. The third-order valence-electron chi connectivity index (χ3n) is 3.37. The smallest absolute Gasteiger partial charge is 0.0965 e. The first-order chi connectivity index (χ1) is 9.62. The van der Waals surface area contributed by atoms with Crippen molar-refractivity contribution in [3.8, 4) is 0 Å². The molecule has 0 aliphatic rings. The lowest BCUT2D eigenvalue weighted by Crippen LogP contribution is -2.28. The van der Waals surface area contributed by atoms with Crippen molar-refractivity contribution in [1.29, 1.82) is 0 Å². The van der Waals surface area contributed by atoms with Crippen LogP contribution in [-0.2, 0) is 0 Å². The predicted molar refractivity (Wildman–Crippen MR) is 93.3 cm³/mol. The van der Waals surface area contributed by atoms with Crippen molar-refractivity contribution in [3.63, 3.8) is 0 Å². The number of halogens is 1. The molecule has 112 valence electrons. The zero-order chi connectivity index (χ0) is 14.8. The minimum atomic E-state index is -0.701. The molecule has 0 radical (unpaired) electrons. The molecule has 1 nitrogen and oxygen atoms in total. The molecule has 3 heteroatoms. The van der Waals surface area contributed by atoms with Crippen molar-refractivity contribution in [2.24, 2.45) is 0 Å². The fraction of sp³-hybridized carbons (Fsp3) is 0.529. The summed E-state index contributed by atoms with van der Waals surface area (Å²) in [5.74, 6) is 0. The van der Waals surface area contributed by atoms with Crippen LogP contribution in [0.25, 0.3) is 0 Å². The number of hydrogen-bond acceptors (Lipinski definition) is 2. The fourth-order valence-corrected chi connectivity index (χ4v) is 3.48. The number of thioether (sulfide) groups is 1. The normalized spacial score (nSPS) is 12.7. The average molecular weight is 357 g/mol. The summed E-state index contributed by atoms with van der Waals surface area (Å²) < 4.78 is 0.917.